The molecule has 1 aliphatic rings. The SMILES string of the molecule is COc1ccc(F)c(NS(=O)(=O)CC(OC)C2CCOCC2)n1. The Morgan fingerprint density at radius 1 is 1.39 bits per heavy atom. The molecule has 0 bridgehead atoms. The molecular weight excluding hydrogens is 327 g/mol. The summed E-state index contributed by atoms with van der Waals surface area (Å²) >= 11 is 0. The van der Waals surface area contributed by atoms with Gasteiger partial charge in [0, 0.05) is 26.4 Å². The molecule has 0 aliphatic carbocycles. The number of nitrogens with zero attached hydrogens (tertiary/aromatic N) is 1. The van der Waals surface area contributed by atoms with E-state index in [2.05, 4.69) is 9.71 Å². The van der Waals surface area contributed by atoms with Gasteiger partial charge in [-0.25, -0.2) is 12.8 Å². The fourth-order valence-corrected chi connectivity index (χ4v) is 3.86. The standard InChI is InChI=1S/C14H21FN2O5S/c1-20-12(10-5-7-22-8-6-10)9-23(18,19)17-14-11(15)3-4-13(16-14)21-2/h3-4,10,12H,5-9H2,1-2H3,(H,16,17). The van der Waals surface area contributed by atoms with E-state index in [1.807, 2.05) is 0 Å². The summed E-state index contributed by atoms with van der Waals surface area (Å²) < 4.78 is 55.9. The zero-order valence-electron chi connectivity index (χ0n) is 13.1. The number of sulfonamides is 1. The maximum Gasteiger partial charge on any atom is 0.236 e. The number of hydrogen-bond donors (Lipinski definition) is 1. The van der Waals surface area contributed by atoms with Crippen molar-refractivity contribution in [1.29, 1.82) is 0 Å². The minimum absolute atomic E-state index is 0.0911. The molecule has 1 aromatic rings. The molecule has 1 fully saturated rings. The molecule has 0 spiro atoms. The number of aromatic nitrogens is 1. The molecule has 2 heterocycles. The van der Waals surface area contributed by atoms with Crippen LogP contribution in [0.1, 0.15) is 12.8 Å². The molecule has 1 atom stereocenters. The van der Waals surface area contributed by atoms with Crippen molar-refractivity contribution in [3.05, 3.63) is 17.9 Å². The minimum atomic E-state index is -3.82. The Morgan fingerprint density at radius 2 is 2.09 bits per heavy atom. The fourth-order valence-electron chi connectivity index (χ4n) is 2.50. The first-order valence-electron chi connectivity index (χ1n) is 7.26. The highest BCUT2D eigenvalue weighted by Crippen LogP contribution is 2.23. The van der Waals surface area contributed by atoms with E-state index in [0.717, 1.165) is 18.9 Å². The Hall–Kier alpha value is -1.45. The summed E-state index contributed by atoms with van der Waals surface area (Å²) in [7, 11) is -0.979. The van der Waals surface area contributed by atoms with E-state index in [0.29, 0.717) is 13.2 Å². The molecule has 1 aliphatic heterocycles. The highest BCUT2D eigenvalue weighted by molar-refractivity contribution is 7.92. The third-order valence-corrected chi connectivity index (χ3v) is 5.03. The number of ether oxygens (including phenoxy) is 3. The van der Waals surface area contributed by atoms with Gasteiger partial charge in [0.2, 0.25) is 15.9 Å². The third-order valence-electron chi connectivity index (χ3n) is 3.76. The quantitative estimate of drug-likeness (QED) is 0.802. The minimum Gasteiger partial charge on any atom is -0.481 e. The van der Waals surface area contributed by atoms with E-state index >= 15 is 0 Å². The van der Waals surface area contributed by atoms with Gasteiger partial charge < -0.3 is 14.2 Å². The lowest BCUT2D eigenvalue weighted by atomic mass is 9.95. The molecule has 1 N–H and O–H groups in total. The van der Waals surface area contributed by atoms with Gasteiger partial charge in [-0.1, -0.05) is 0 Å². The molecule has 130 valence electrons. The van der Waals surface area contributed by atoms with Gasteiger partial charge >= 0.3 is 0 Å². The summed E-state index contributed by atoms with van der Waals surface area (Å²) in [5.41, 5.74) is 0. The summed E-state index contributed by atoms with van der Waals surface area (Å²) in [6, 6.07) is 2.41. The third kappa shape index (κ3) is 5.02. The van der Waals surface area contributed by atoms with E-state index in [1.165, 1.54) is 20.3 Å². The van der Waals surface area contributed by atoms with Crippen LogP contribution in [0.5, 0.6) is 5.88 Å². The summed E-state index contributed by atoms with van der Waals surface area (Å²) in [6.07, 6.45) is 0.990. The van der Waals surface area contributed by atoms with E-state index < -0.39 is 21.9 Å². The van der Waals surface area contributed by atoms with Gasteiger partial charge in [-0.3, -0.25) is 4.72 Å². The largest absolute Gasteiger partial charge is 0.481 e. The Bertz CT molecular complexity index is 620. The van der Waals surface area contributed by atoms with Crippen molar-refractivity contribution in [3.63, 3.8) is 0 Å². The summed E-state index contributed by atoms with van der Waals surface area (Å²) in [4.78, 5) is 3.77. The van der Waals surface area contributed by atoms with Crippen molar-refractivity contribution in [2.24, 2.45) is 5.92 Å². The average Bonchev–Trinajstić information content (AvgIpc) is 2.55. The van der Waals surface area contributed by atoms with Gasteiger partial charge in [-0.2, -0.15) is 4.98 Å². The van der Waals surface area contributed by atoms with Crippen LogP contribution in [0, 0.1) is 11.7 Å². The predicted molar refractivity (Wildman–Crippen MR) is 82.5 cm³/mol. The van der Waals surface area contributed by atoms with Crippen LogP contribution in [0.25, 0.3) is 0 Å². The van der Waals surface area contributed by atoms with Gasteiger partial charge in [-0.15, -0.1) is 0 Å². The number of nitrogens with one attached hydrogen (secondary N) is 1. The van der Waals surface area contributed by atoms with Gasteiger partial charge in [0.25, 0.3) is 0 Å². The monoisotopic (exact) mass is 348 g/mol. The van der Waals surface area contributed by atoms with E-state index in [4.69, 9.17) is 14.2 Å². The normalized spacial score (nSPS) is 17.7. The maximum absolute atomic E-state index is 13.7. The topological polar surface area (TPSA) is 86.8 Å². The van der Waals surface area contributed by atoms with Crippen LogP contribution in [-0.4, -0.2) is 52.7 Å². The first kappa shape index (κ1) is 17.9. The van der Waals surface area contributed by atoms with Crippen LogP contribution in [0.2, 0.25) is 0 Å². The van der Waals surface area contributed by atoms with Crippen molar-refractivity contribution in [2.75, 3.05) is 37.9 Å². The molecule has 0 aromatic carbocycles. The smallest absolute Gasteiger partial charge is 0.236 e. The van der Waals surface area contributed by atoms with E-state index in [1.54, 1.807) is 0 Å². The van der Waals surface area contributed by atoms with Gasteiger partial charge in [-0.05, 0) is 24.8 Å². The second kappa shape index (κ2) is 7.89. The van der Waals surface area contributed by atoms with Gasteiger partial charge in [0.05, 0.1) is 19.0 Å². The number of rotatable bonds is 7. The van der Waals surface area contributed by atoms with Crippen molar-refractivity contribution in [1.82, 2.24) is 4.98 Å². The van der Waals surface area contributed by atoms with Crippen LogP contribution < -0.4 is 9.46 Å². The molecule has 23 heavy (non-hydrogen) atoms. The van der Waals surface area contributed by atoms with Crippen LogP contribution in [0.4, 0.5) is 10.2 Å². The molecule has 2 rings (SSSR count). The summed E-state index contributed by atoms with van der Waals surface area (Å²) in [5, 5.41) is 0. The Kier molecular flexibility index (Phi) is 6.14. The number of pyridine rings is 1. The van der Waals surface area contributed by atoms with Gasteiger partial charge in [0.15, 0.2) is 11.6 Å². The van der Waals surface area contributed by atoms with Crippen molar-refractivity contribution in [2.45, 2.75) is 18.9 Å². The molecule has 1 unspecified atom stereocenters. The Morgan fingerprint density at radius 3 is 2.70 bits per heavy atom. The zero-order valence-corrected chi connectivity index (χ0v) is 13.9. The summed E-state index contributed by atoms with van der Waals surface area (Å²) in [5.74, 6) is -1.21. The molecule has 1 aromatic heterocycles. The molecule has 0 radical (unpaired) electrons. The van der Waals surface area contributed by atoms with Crippen LogP contribution in [0.3, 0.4) is 0 Å². The fraction of sp³-hybridized carbons (Fsp3) is 0.643. The number of hydrogen-bond acceptors (Lipinski definition) is 6. The first-order chi connectivity index (χ1) is 10.9. The van der Waals surface area contributed by atoms with E-state index in [-0.39, 0.29) is 23.4 Å². The second-order valence-electron chi connectivity index (χ2n) is 5.29. The highest BCUT2D eigenvalue weighted by atomic mass is 32.2. The highest BCUT2D eigenvalue weighted by Gasteiger charge is 2.29. The zero-order chi connectivity index (χ0) is 16.9. The average molecular weight is 348 g/mol. The molecule has 0 amide bonds. The Labute approximate surface area is 135 Å². The maximum atomic E-state index is 13.7. The van der Waals surface area contributed by atoms with Crippen molar-refractivity contribution < 1.29 is 27.0 Å². The van der Waals surface area contributed by atoms with Gasteiger partial charge in [0.1, 0.15) is 0 Å². The second-order valence-corrected chi connectivity index (χ2v) is 7.06. The molecule has 1 saturated heterocycles. The van der Waals surface area contributed by atoms with Crippen LogP contribution in [-0.2, 0) is 19.5 Å². The molecular formula is C14H21FN2O5S. The van der Waals surface area contributed by atoms with Crippen molar-refractivity contribution >= 4 is 15.8 Å². The predicted octanol–water partition coefficient (Wildman–Crippen LogP) is 1.41. The number of halogens is 1. The molecule has 0 saturated carbocycles. The first-order valence-corrected chi connectivity index (χ1v) is 8.92. The number of methoxy groups -OCH3 is 2. The van der Waals surface area contributed by atoms with E-state index in [9.17, 15) is 12.8 Å². The molecule has 7 nitrogen and oxygen atoms in total. The molecule has 9 heteroatoms. The number of anilines is 1. The lowest BCUT2D eigenvalue weighted by Gasteiger charge is -2.29. The lowest BCUT2D eigenvalue weighted by Crippen LogP contribution is -2.36. The summed E-state index contributed by atoms with van der Waals surface area (Å²) in [6.45, 7) is 1.17. The van der Waals surface area contributed by atoms with Crippen LogP contribution >= 0.6 is 0 Å². The van der Waals surface area contributed by atoms with Crippen LogP contribution in [0.15, 0.2) is 12.1 Å². The van der Waals surface area contributed by atoms with Crippen molar-refractivity contribution in [3.8, 4) is 5.88 Å². The lowest BCUT2D eigenvalue weighted by molar-refractivity contribution is -0.00318. The Balaban J connectivity index is 2.08.